The Balaban J connectivity index is 2.06. The lowest BCUT2D eigenvalue weighted by Crippen LogP contribution is -2.39. The SMILES string of the molecule is CCC1OCCC1C(NC)C1=CCCCCCC1. The molecule has 0 bridgehead atoms. The number of ether oxygens (including phenoxy) is 1. The minimum absolute atomic E-state index is 0.466. The largest absolute Gasteiger partial charge is 0.378 e. The number of rotatable bonds is 4. The second kappa shape index (κ2) is 7.30. The van der Waals surface area contributed by atoms with Crippen molar-refractivity contribution in [2.45, 2.75) is 70.4 Å². The first kappa shape index (κ1) is 14.1. The second-order valence-corrected chi connectivity index (χ2v) is 5.77. The van der Waals surface area contributed by atoms with E-state index in [1.165, 1.54) is 44.9 Å². The van der Waals surface area contributed by atoms with E-state index >= 15 is 0 Å². The third-order valence-electron chi connectivity index (χ3n) is 4.63. The standard InChI is InChI=1S/C16H29NO/c1-3-15-14(11-12-18-15)16(17-2)13-9-7-5-4-6-8-10-13/h9,14-17H,3-8,10-12H2,1-2H3. The normalized spacial score (nSPS) is 31.6. The van der Waals surface area contributed by atoms with Crippen molar-refractivity contribution in [2.24, 2.45) is 5.92 Å². The summed E-state index contributed by atoms with van der Waals surface area (Å²) in [4.78, 5) is 0. The van der Waals surface area contributed by atoms with E-state index in [1.807, 2.05) is 0 Å². The van der Waals surface area contributed by atoms with Crippen LogP contribution in [0.25, 0.3) is 0 Å². The van der Waals surface area contributed by atoms with Crippen LogP contribution in [0.4, 0.5) is 0 Å². The average Bonchev–Trinajstić information content (AvgIpc) is 2.80. The minimum atomic E-state index is 0.466. The quantitative estimate of drug-likeness (QED) is 0.770. The Morgan fingerprint density at radius 3 is 2.94 bits per heavy atom. The lowest BCUT2D eigenvalue weighted by atomic mass is 9.83. The van der Waals surface area contributed by atoms with E-state index in [-0.39, 0.29) is 0 Å². The van der Waals surface area contributed by atoms with Gasteiger partial charge in [0.25, 0.3) is 0 Å². The maximum Gasteiger partial charge on any atom is 0.0619 e. The summed E-state index contributed by atoms with van der Waals surface area (Å²) in [6.07, 6.45) is 13.5. The summed E-state index contributed by atoms with van der Waals surface area (Å²) < 4.78 is 5.88. The molecule has 1 heterocycles. The van der Waals surface area contributed by atoms with Gasteiger partial charge < -0.3 is 10.1 Å². The van der Waals surface area contributed by atoms with Crippen LogP contribution in [-0.2, 0) is 4.74 Å². The van der Waals surface area contributed by atoms with Gasteiger partial charge in [-0.05, 0) is 45.6 Å². The van der Waals surface area contributed by atoms with E-state index in [0.717, 1.165) is 13.0 Å². The molecular weight excluding hydrogens is 222 g/mol. The predicted octanol–water partition coefficient (Wildman–Crippen LogP) is 3.67. The first-order valence-electron chi connectivity index (χ1n) is 7.84. The molecule has 1 N–H and O–H groups in total. The molecule has 0 spiro atoms. The van der Waals surface area contributed by atoms with Gasteiger partial charge in [0.15, 0.2) is 0 Å². The van der Waals surface area contributed by atoms with Crippen molar-refractivity contribution in [1.82, 2.24) is 5.32 Å². The van der Waals surface area contributed by atoms with Crippen molar-refractivity contribution in [3.05, 3.63) is 11.6 Å². The second-order valence-electron chi connectivity index (χ2n) is 5.77. The van der Waals surface area contributed by atoms with Gasteiger partial charge in [-0.25, -0.2) is 0 Å². The maximum absolute atomic E-state index is 5.88. The molecule has 0 aromatic carbocycles. The fourth-order valence-corrected chi connectivity index (χ4v) is 3.64. The molecule has 1 aliphatic heterocycles. The fraction of sp³-hybridized carbons (Fsp3) is 0.875. The van der Waals surface area contributed by atoms with Gasteiger partial charge in [-0.3, -0.25) is 0 Å². The Morgan fingerprint density at radius 1 is 1.33 bits per heavy atom. The molecule has 1 aliphatic carbocycles. The molecule has 0 saturated carbocycles. The highest BCUT2D eigenvalue weighted by atomic mass is 16.5. The number of allylic oxidation sites excluding steroid dienone is 1. The molecule has 0 aromatic heterocycles. The van der Waals surface area contributed by atoms with Crippen LogP contribution in [-0.4, -0.2) is 25.8 Å². The first-order chi connectivity index (χ1) is 8.86. The third kappa shape index (κ3) is 3.36. The summed E-state index contributed by atoms with van der Waals surface area (Å²) in [5.74, 6) is 0.686. The van der Waals surface area contributed by atoms with Gasteiger partial charge in [-0.1, -0.05) is 31.4 Å². The summed E-state index contributed by atoms with van der Waals surface area (Å²) in [7, 11) is 2.12. The molecule has 3 atom stereocenters. The maximum atomic E-state index is 5.88. The molecule has 2 nitrogen and oxygen atoms in total. The van der Waals surface area contributed by atoms with Crippen LogP contribution in [0.1, 0.15) is 58.3 Å². The Morgan fingerprint density at radius 2 is 2.17 bits per heavy atom. The monoisotopic (exact) mass is 251 g/mol. The van der Waals surface area contributed by atoms with Crippen LogP contribution < -0.4 is 5.32 Å². The van der Waals surface area contributed by atoms with Gasteiger partial charge in [-0.15, -0.1) is 0 Å². The lowest BCUT2D eigenvalue weighted by molar-refractivity contribution is 0.0812. The van der Waals surface area contributed by atoms with Crippen molar-refractivity contribution in [3.8, 4) is 0 Å². The van der Waals surface area contributed by atoms with Crippen molar-refractivity contribution in [1.29, 1.82) is 0 Å². The molecule has 2 rings (SSSR count). The Bertz CT molecular complexity index is 274. The first-order valence-corrected chi connectivity index (χ1v) is 7.84. The van der Waals surface area contributed by atoms with Crippen LogP contribution >= 0.6 is 0 Å². The molecule has 18 heavy (non-hydrogen) atoms. The van der Waals surface area contributed by atoms with Gasteiger partial charge in [0.05, 0.1) is 6.10 Å². The summed E-state index contributed by atoms with van der Waals surface area (Å²) in [5.41, 5.74) is 1.66. The van der Waals surface area contributed by atoms with Crippen molar-refractivity contribution in [2.75, 3.05) is 13.7 Å². The summed E-state index contributed by atoms with van der Waals surface area (Å²) >= 11 is 0. The smallest absolute Gasteiger partial charge is 0.0619 e. The average molecular weight is 251 g/mol. The minimum Gasteiger partial charge on any atom is -0.378 e. The lowest BCUT2D eigenvalue weighted by Gasteiger charge is -2.30. The molecule has 0 amide bonds. The Kier molecular flexibility index (Phi) is 5.71. The van der Waals surface area contributed by atoms with E-state index in [9.17, 15) is 0 Å². The molecule has 104 valence electrons. The summed E-state index contributed by atoms with van der Waals surface area (Å²) in [6, 6.07) is 0.551. The van der Waals surface area contributed by atoms with Crippen LogP contribution in [0.2, 0.25) is 0 Å². The van der Waals surface area contributed by atoms with Gasteiger partial charge >= 0.3 is 0 Å². The van der Waals surface area contributed by atoms with Gasteiger partial charge in [0.2, 0.25) is 0 Å². The Labute approximate surface area is 112 Å². The number of hydrogen-bond donors (Lipinski definition) is 1. The molecule has 2 heteroatoms. The van der Waals surface area contributed by atoms with E-state index < -0.39 is 0 Å². The number of nitrogens with one attached hydrogen (secondary N) is 1. The van der Waals surface area contributed by atoms with Crippen molar-refractivity contribution in [3.63, 3.8) is 0 Å². The van der Waals surface area contributed by atoms with Crippen molar-refractivity contribution >= 4 is 0 Å². The molecule has 0 radical (unpaired) electrons. The van der Waals surface area contributed by atoms with Gasteiger partial charge in [0.1, 0.15) is 0 Å². The highest BCUT2D eigenvalue weighted by Crippen LogP contribution is 2.32. The van der Waals surface area contributed by atoms with Crippen molar-refractivity contribution < 1.29 is 4.74 Å². The topological polar surface area (TPSA) is 21.3 Å². The molecule has 1 fully saturated rings. The molecule has 1 saturated heterocycles. The zero-order chi connectivity index (χ0) is 12.8. The number of hydrogen-bond acceptors (Lipinski definition) is 2. The summed E-state index contributed by atoms with van der Waals surface area (Å²) in [6.45, 7) is 3.21. The predicted molar refractivity (Wildman–Crippen MR) is 76.8 cm³/mol. The fourth-order valence-electron chi connectivity index (χ4n) is 3.64. The summed E-state index contributed by atoms with van der Waals surface area (Å²) in [5, 5.41) is 3.58. The van der Waals surface area contributed by atoms with Gasteiger partial charge in [-0.2, -0.15) is 0 Å². The van der Waals surface area contributed by atoms with Crippen LogP contribution in [0.15, 0.2) is 11.6 Å². The molecular formula is C16H29NO. The highest BCUT2D eigenvalue weighted by Gasteiger charge is 2.34. The third-order valence-corrected chi connectivity index (χ3v) is 4.63. The van der Waals surface area contributed by atoms with Gasteiger partial charge in [0, 0.05) is 18.6 Å². The van der Waals surface area contributed by atoms with E-state index in [2.05, 4.69) is 25.4 Å². The molecule has 3 unspecified atom stereocenters. The van der Waals surface area contributed by atoms with E-state index in [4.69, 9.17) is 4.74 Å². The number of likely N-dealkylation sites (N-methyl/N-ethyl adjacent to an activating group) is 1. The zero-order valence-corrected chi connectivity index (χ0v) is 12.1. The molecule has 0 aromatic rings. The van der Waals surface area contributed by atoms with Crippen LogP contribution in [0.5, 0.6) is 0 Å². The molecule has 2 aliphatic rings. The van der Waals surface area contributed by atoms with Crippen LogP contribution in [0, 0.1) is 5.92 Å². The zero-order valence-electron chi connectivity index (χ0n) is 12.1. The Hall–Kier alpha value is -0.340. The van der Waals surface area contributed by atoms with Crippen LogP contribution in [0.3, 0.4) is 0 Å². The highest BCUT2D eigenvalue weighted by molar-refractivity contribution is 5.14. The van der Waals surface area contributed by atoms with E-state index in [1.54, 1.807) is 5.57 Å². The van der Waals surface area contributed by atoms with E-state index in [0.29, 0.717) is 18.1 Å².